The largest absolute Gasteiger partial charge is 0.496 e. The van der Waals surface area contributed by atoms with Crippen LogP contribution >= 0.6 is 0 Å². The molecule has 0 amide bonds. The Morgan fingerprint density at radius 2 is 1.62 bits per heavy atom. The molecular formula is C20H17NO5. The van der Waals surface area contributed by atoms with Crippen LogP contribution in [0.3, 0.4) is 0 Å². The quantitative estimate of drug-likeness (QED) is 0.474. The number of nitrogens with zero attached hydrogens (tertiary/aromatic N) is 1. The number of ether oxygens (including phenoxy) is 2. The normalized spacial score (nSPS) is 11.2. The fourth-order valence-electron chi connectivity index (χ4n) is 2.64. The summed E-state index contributed by atoms with van der Waals surface area (Å²) in [6.45, 7) is 0. The SMILES string of the molecule is COc1ccccc1/C(=C\c1ccc(-c2ccccc2OC)o1)[N+](=O)[O-]. The van der Waals surface area contributed by atoms with E-state index in [4.69, 9.17) is 13.9 Å². The first-order valence-corrected chi connectivity index (χ1v) is 7.86. The first-order chi connectivity index (χ1) is 12.6. The molecule has 0 atom stereocenters. The van der Waals surface area contributed by atoms with Crippen LogP contribution in [0.1, 0.15) is 11.3 Å². The highest BCUT2D eigenvalue weighted by atomic mass is 16.6. The van der Waals surface area contributed by atoms with E-state index < -0.39 is 4.92 Å². The van der Waals surface area contributed by atoms with Gasteiger partial charge in [-0.05, 0) is 36.4 Å². The topological polar surface area (TPSA) is 74.7 Å². The second kappa shape index (κ2) is 7.57. The molecule has 0 fully saturated rings. The van der Waals surface area contributed by atoms with Gasteiger partial charge in [0.05, 0.1) is 36.3 Å². The number of methoxy groups -OCH3 is 2. The van der Waals surface area contributed by atoms with Gasteiger partial charge in [0.15, 0.2) is 0 Å². The molecule has 1 aromatic heterocycles. The molecule has 2 aromatic carbocycles. The van der Waals surface area contributed by atoms with Crippen LogP contribution in [0.15, 0.2) is 65.1 Å². The molecule has 0 spiro atoms. The van der Waals surface area contributed by atoms with Gasteiger partial charge in [0, 0.05) is 0 Å². The molecule has 6 heteroatoms. The Hall–Kier alpha value is -3.54. The molecule has 0 radical (unpaired) electrons. The lowest BCUT2D eigenvalue weighted by Crippen LogP contribution is -2.00. The minimum absolute atomic E-state index is 0.108. The van der Waals surface area contributed by atoms with Crippen LogP contribution in [0, 0.1) is 10.1 Å². The van der Waals surface area contributed by atoms with E-state index in [1.165, 1.54) is 13.2 Å². The van der Waals surface area contributed by atoms with Crippen molar-refractivity contribution in [1.29, 1.82) is 0 Å². The summed E-state index contributed by atoms with van der Waals surface area (Å²) in [5, 5.41) is 11.6. The molecule has 0 saturated carbocycles. The predicted octanol–water partition coefficient (Wildman–Crippen LogP) is 4.74. The molecule has 0 N–H and O–H groups in total. The van der Waals surface area contributed by atoms with Gasteiger partial charge < -0.3 is 13.9 Å². The number of para-hydroxylation sites is 2. The van der Waals surface area contributed by atoms with Gasteiger partial charge in [0.25, 0.3) is 5.70 Å². The van der Waals surface area contributed by atoms with E-state index in [0.29, 0.717) is 28.6 Å². The van der Waals surface area contributed by atoms with Crippen LogP contribution in [-0.4, -0.2) is 19.1 Å². The Labute approximate surface area is 150 Å². The van der Waals surface area contributed by atoms with E-state index in [0.717, 1.165) is 5.56 Å². The summed E-state index contributed by atoms with van der Waals surface area (Å²) in [6.07, 6.45) is 1.39. The molecule has 0 saturated heterocycles. The van der Waals surface area contributed by atoms with Gasteiger partial charge in [-0.3, -0.25) is 10.1 Å². The van der Waals surface area contributed by atoms with Crippen LogP contribution < -0.4 is 9.47 Å². The van der Waals surface area contributed by atoms with Gasteiger partial charge in [-0.1, -0.05) is 24.3 Å². The number of nitro groups is 1. The average molecular weight is 351 g/mol. The van der Waals surface area contributed by atoms with Gasteiger partial charge in [-0.15, -0.1) is 0 Å². The monoisotopic (exact) mass is 351 g/mol. The molecule has 26 heavy (non-hydrogen) atoms. The molecule has 0 aliphatic carbocycles. The van der Waals surface area contributed by atoms with Crippen molar-refractivity contribution in [3.63, 3.8) is 0 Å². The third-order valence-electron chi connectivity index (χ3n) is 3.86. The smallest absolute Gasteiger partial charge is 0.284 e. The highest BCUT2D eigenvalue weighted by Gasteiger charge is 2.20. The standard InChI is InChI=1S/C20H17NO5/c1-24-18-9-5-3-7-15(18)17(21(22)23)13-14-11-12-20(26-14)16-8-4-6-10-19(16)25-2/h3-13H,1-2H3/b17-13+. The van der Waals surface area contributed by atoms with Crippen molar-refractivity contribution in [3.8, 4) is 22.8 Å². The third kappa shape index (κ3) is 3.44. The summed E-state index contributed by atoms with van der Waals surface area (Å²) >= 11 is 0. The van der Waals surface area contributed by atoms with Crippen LogP contribution in [-0.2, 0) is 0 Å². The van der Waals surface area contributed by atoms with Crippen LogP contribution in [0.4, 0.5) is 0 Å². The summed E-state index contributed by atoms with van der Waals surface area (Å²) in [6, 6.07) is 17.6. The van der Waals surface area contributed by atoms with Crippen LogP contribution in [0.25, 0.3) is 23.1 Å². The first kappa shape index (κ1) is 17.3. The molecule has 0 bridgehead atoms. The van der Waals surface area contributed by atoms with Crippen molar-refractivity contribution in [2.24, 2.45) is 0 Å². The Bertz CT molecular complexity index is 958. The van der Waals surface area contributed by atoms with Crippen molar-refractivity contribution >= 4 is 11.8 Å². The zero-order valence-electron chi connectivity index (χ0n) is 14.3. The second-order valence-electron chi connectivity index (χ2n) is 5.39. The summed E-state index contributed by atoms with van der Waals surface area (Å²) in [5.74, 6) is 2.02. The van der Waals surface area contributed by atoms with Gasteiger partial charge in [-0.25, -0.2) is 0 Å². The number of hydrogen-bond acceptors (Lipinski definition) is 5. The minimum Gasteiger partial charge on any atom is -0.496 e. The van der Waals surface area contributed by atoms with E-state index >= 15 is 0 Å². The molecule has 0 aliphatic rings. The van der Waals surface area contributed by atoms with E-state index in [1.54, 1.807) is 43.5 Å². The average Bonchev–Trinajstić information content (AvgIpc) is 3.14. The lowest BCUT2D eigenvalue weighted by molar-refractivity contribution is -0.374. The highest BCUT2D eigenvalue weighted by molar-refractivity contribution is 5.78. The van der Waals surface area contributed by atoms with Crippen molar-refractivity contribution in [1.82, 2.24) is 0 Å². The van der Waals surface area contributed by atoms with E-state index in [1.807, 2.05) is 24.3 Å². The van der Waals surface area contributed by atoms with Gasteiger partial charge >= 0.3 is 0 Å². The Morgan fingerprint density at radius 1 is 0.962 bits per heavy atom. The fourth-order valence-corrected chi connectivity index (χ4v) is 2.64. The zero-order valence-corrected chi connectivity index (χ0v) is 14.3. The van der Waals surface area contributed by atoms with Crippen molar-refractivity contribution < 1.29 is 18.8 Å². The molecule has 1 heterocycles. The van der Waals surface area contributed by atoms with E-state index in [-0.39, 0.29) is 5.70 Å². The van der Waals surface area contributed by atoms with Crippen molar-refractivity contribution in [3.05, 3.63) is 82.1 Å². The van der Waals surface area contributed by atoms with Crippen molar-refractivity contribution in [2.75, 3.05) is 14.2 Å². The zero-order chi connectivity index (χ0) is 18.5. The van der Waals surface area contributed by atoms with E-state index in [9.17, 15) is 10.1 Å². The fraction of sp³-hybridized carbons (Fsp3) is 0.100. The Morgan fingerprint density at radius 3 is 2.31 bits per heavy atom. The highest BCUT2D eigenvalue weighted by Crippen LogP contribution is 2.33. The number of benzene rings is 2. The molecule has 132 valence electrons. The molecular weight excluding hydrogens is 334 g/mol. The van der Waals surface area contributed by atoms with Gasteiger partial charge in [0.1, 0.15) is 23.0 Å². The van der Waals surface area contributed by atoms with Gasteiger partial charge in [-0.2, -0.15) is 0 Å². The van der Waals surface area contributed by atoms with Gasteiger partial charge in [0.2, 0.25) is 0 Å². The predicted molar refractivity (Wildman–Crippen MR) is 98.6 cm³/mol. The molecule has 3 rings (SSSR count). The molecule has 0 aliphatic heterocycles. The summed E-state index contributed by atoms with van der Waals surface area (Å²) in [7, 11) is 3.05. The Kier molecular flexibility index (Phi) is 5.03. The summed E-state index contributed by atoms with van der Waals surface area (Å²) in [4.78, 5) is 11.1. The third-order valence-corrected chi connectivity index (χ3v) is 3.86. The number of rotatable bonds is 6. The molecule has 0 unspecified atom stereocenters. The first-order valence-electron chi connectivity index (χ1n) is 7.86. The summed E-state index contributed by atoms with van der Waals surface area (Å²) < 4.78 is 16.3. The molecule has 3 aromatic rings. The summed E-state index contributed by atoms with van der Waals surface area (Å²) in [5.41, 5.74) is 1.05. The maximum Gasteiger partial charge on any atom is 0.284 e. The van der Waals surface area contributed by atoms with Crippen molar-refractivity contribution in [2.45, 2.75) is 0 Å². The van der Waals surface area contributed by atoms with Crippen LogP contribution in [0.5, 0.6) is 11.5 Å². The number of hydrogen-bond donors (Lipinski definition) is 0. The van der Waals surface area contributed by atoms with E-state index in [2.05, 4.69) is 0 Å². The minimum atomic E-state index is -0.455. The lowest BCUT2D eigenvalue weighted by Gasteiger charge is -2.06. The lowest BCUT2D eigenvalue weighted by atomic mass is 10.1. The van der Waals surface area contributed by atoms with Crippen LogP contribution in [0.2, 0.25) is 0 Å². The number of furan rings is 1. The Balaban J connectivity index is 2.03. The maximum absolute atomic E-state index is 11.6. The second-order valence-corrected chi connectivity index (χ2v) is 5.39. The molecule has 6 nitrogen and oxygen atoms in total. The maximum atomic E-state index is 11.6.